The van der Waals surface area contributed by atoms with Gasteiger partial charge in [0, 0.05) is 26.6 Å². The molecule has 1 saturated heterocycles. The number of nitrogens with zero attached hydrogens (tertiary/aromatic N) is 4. The van der Waals surface area contributed by atoms with E-state index in [1.165, 1.54) is 11.0 Å². The van der Waals surface area contributed by atoms with Gasteiger partial charge in [0.15, 0.2) is 0 Å². The molecule has 8 nitrogen and oxygen atoms in total. The van der Waals surface area contributed by atoms with Crippen LogP contribution in [0.5, 0.6) is 0 Å². The van der Waals surface area contributed by atoms with Crippen molar-refractivity contribution < 1.29 is 14.7 Å². The highest BCUT2D eigenvalue weighted by atomic mass is 16.4. The Balaban J connectivity index is 1.77. The number of carbonyl (C=O) groups is 2. The van der Waals surface area contributed by atoms with Gasteiger partial charge in [-0.2, -0.15) is 10.1 Å². The molecule has 2 heterocycles. The van der Waals surface area contributed by atoms with Gasteiger partial charge in [0.1, 0.15) is 6.33 Å². The van der Waals surface area contributed by atoms with Crippen LogP contribution in [-0.4, -0.2) is 49.9 Å². The summed E-state index contributed by atoms with van der Waals surface area (Å²) in [5.74, 6) is 0.0560. The maximum atomic E-state index is 12.0. The molecule has 8 heteroatoms. The maximum absolute atomic E-state index is 12.0. The molecule has 110 valence electrons. The molecule has 1 fully saturated rings. The Labute approximate surface area is 116 Å². The monoisotopic (exact) mass is 281 g/mol. The number of carbonyl (C=O) groups excluding carboxylic acids is 1. The van der Waals surface area contributed by atoms with Crippen LogP contribution in [0.4, 0.5) is 10.7 Å². The number of aliphatic carboxylic acids is 1. The molecule has 0 unspecified atom stereocenters. The average molecular weight is 281 g/mol. The minimum Gasteiger partial charge on any atom is -0.481 e. The Morgan fingerprint density at radius 2 is 2.15 bits per heavy atom. The molecular weight excluding hydrogens is 262 g/mol. The predicted molar refractivity (Wildman–Crippen MR) is 71.2 cm³/mol. The fourth-order valence-corrected chi connectivity index (χ4v) is 2.34. The van der Waals surface area contributed by atoms with Crippen molar-refractivity contribution in [1.29, 1.82) is 0 Å². The summed E-state index contributed by atoms with van der Waals surface area (Å²) in [5.41, 5.74) is 0. The Morgan fingerprint density at radius 3 is 2.70 bits per heavy atom. The van der Waals surface area contributed by atoms with Crippen molar-refractivity contribution in [1.82, 2.24) is 19.7 Å². The highest BCUT2D eigenvalue weighted by molar-refractivity contribution is 5.87. The summed E-state index contributed by atoms with van der Waals surface area (Å²) in [6, 6.07) is -0.183. The average Bonchev–Trinajstić information content (AvgIpc) is 2.82. The van der Waals surface area contributed by atoms with Gasteiger partial charge in [-0.05, 0) is 25.2 Å². The van der Waals surface area contributed by atoms with E-state index in [4.69, 9.17) is 5.11 Å². The molecule has 2 rings (SSSR count). The first-order chi connectivity index (χ1) is 9.56. The smallest absolute Gasteiger partial charge is 0.324 e. The van der Waals surface area contributed by atoms with E-state index >= 15 is 0 Å². The molecule has 1 aliphatic heterocycles. The molecular formula is C12H19N5O3. The lowest BCUT2D eigenvalue weighted by molar-refractivity contribution is -0.137. The molecule has 0 bridgehead atoms. The highest BCUT2D eigenvalue weighted by Gasteiger charge is 2.23. The largest absolute Gasteiger partial charge is 0.481 e. The lowest BCUT2D eigenvalue weighted by atomic mass is 9.92. The Morgan fingerprint density at radius 1 is 1.45 bits per heavy atom. The fraction of sp³-hybridized carbons (Fsp3) is 0.667. The molecule has 0 spiro atoms. The van der Waals surface area contributed by atoms with Crippen LogP contribution in [0.3, 0.4) is 0 Å². The normalized spacial score (nSPS) is 16.1. The summed E-state index contributed by atoms with van der Waals surface area (Å²) in [6.45, 7) is 1.29. The van der Waals surface area contributed by atoms with E-state index in [2.05, 4.69) is 15.4 Å². The summed E-state index contributed by atoms with van der Waals surface area (Å²) in [6.07, 6.45) is 3.97. The Kier molecular flexibility index (Phi) is 4.54. The molecule has 1 aromatic rings. The van der Waals surface area contributed by atoms with Crippen LogP contribution in [0.15, 0.2) is 6.33 Å². The zero-order valence-electron chi connectivity index (χ0n) is 11.4. The number of likely N-dealkylation sites (tertiary alicyclic amines) is 1. The van der Waals surface area contributed by atoms with E-state index in [-0.39, 0.29) is 12.5 Å². The third-order valence-electron chi connectivity index (χ3n) is 3.60. The van der Waals surface area contributed by atoms with Crippen molar-refractivity contribution in [3.63, 3.8) is 0 Å². The number of rotatable bonds is 4. The Bertz CT molecular complexity index is 479. The minimum absolute atomic E-state index is 0.183. The van der Waals surface area contributed by atoms with Crippen LogP contribution < -0.4 is 5.32 Å². The second kappa shape index (κ2) is 6.36. The van der Waals surface area contributed by atoms with Gasteiger partial charge in [0.2, 0.25) is 5.95 Å². The van der Waals surface area contributed by atoms with E-state index in [0.717, 1.165) is 12.8 Å². The van der Waals surface area contributed by atoms with Gasteiger partial charge in [-0.1, -0.05) is 0 Å². The molecule has 0 aromatic carbocycles. The van der Waals surface area contributed by atoms with Crippen molar-refractivity contribution in [2.75, 3.05) is 18.4 Å². The summed E-state index contributed by atoms with van der Waals surface area (Å²) >= 11 is 0. The van der Waals surface area contributed by atoms with Crippen LogP contribution in [0.2, 0.25) is 0 Å². The van der Waals surface area contributed by atoms with Crippen molar-refractivity contribution >= 4 is 17.9 Å². The zero-order chi connectivity index (χ0) is 14.5. The van der Waals surface area contributed by atoms with Gasteiger partial charge in [0.05, 0.1) is 0 Å². The summed E-state index contributed by atoms with van der Waals surface area (Å²) in [5, 5.41) is 15.3. The fourth-order valence-electron chi connectivity index (χ4n) is 2.34. The van der Waals surface area contributed by atoms with Crippen LogP contribution in [0.25, 0.3) is 0 Å². The lowest BCUT2D eigenvalue weighted by Crippen LogP contribution is -2.41. The first-order valence-electron chi connectivity index (χ1n) is 6.68. The van der Waals surface area contributed by atoms with Gasteiger partial charge >= 0.3 is 12.0 Å². The van der Waals surface area contributed by atoms with E-state index in [1.807, 2.05) is 0 Å². The molecule has 20 heavy (non-hydrogen) atoms. The number of piperidine rings is 1. The highest BCUT2D eigenvalue weighted by Crippen LogP contribution is 2.22. The van der Waals surface area contributed by atoms with Crippen LogP contribution in [0.1, 0.15) is 25.7 Å². The number of anilines is 1. The zero-order valence-corrected chi connectivity index (χ0v) is 11.4. The molecule has 1 aromatic heterocycles. The molecule has 0 atom stereocenters. The number of aromatic nitrogens is 3. The number of amides is 2. The van der Waals surface area contributed by atoms with Gasteiger partial charge in [-0.15, -0.1) is 0 Å². The topological polar surface area (TPSA) is 100 Å². The SMILES string of the molecule is Cn1ncnc1NC(=O)N1CCC(CCC(=O)O)CC1. The van der Waals surface area contributed by atoms with Gasteiger partial charge in [0.25, 0.3) is 0 Å². The standard InChI is InChI=1S/C12H19N5O3/c1-16-11(13-8-14-16)15-12(20)17-6-4-9(5-7-17)2-3-10(18)19/h8-9H,2-7H2,1H3,(H,18,19)(H,13,14,15,20). The first kappa shape index (κ1) is 14.3. The molecule has 0 saturated carbocycles. The number of urea groups is 1. The third-order valence-corrected chi connectivity index (χ3v) is 3.60. The van der Waals surface area contributed by atoms with E-state index < -0.39 is 5.97 Å². The van der Waals surface area contributed by atoms with Crippen LogP contribution in [-0.2, 0) is 11.8 Å². The number of carboxylic acid groups (broad SMARTS) is 1. The van der Waals surface area contributed by atoms with Gasteiger partial charge in [-0.25, -0.2) is 9.48 Å². The summed E-state index contributed by atoms with van der Waals surface area (Å²) in [4.78, 5) is 28.2. The predicted octanol–water partition coefficient (Wildman–Crippen LogP) is 0.924. The van der Waals surface area contributed by atoms with E-state index in [0.29, 0.717) is 31.4 Å². The summed E-state index contributed by atoms with van der Waals surface area (Å²) in [7, 11) is 1.71. The van der Waals surface area contributed by atoms with Crippen molar-refractivity contribution in [3.8, 4) is 0 Å². The molecule has 0 radical (unpaired) electrons. The van der Waals surface area contributed by atoms with Gasteiger partial charge < -0.3 is 10.0 Å². The number of carboxylic acids is 1. The van der Waals surface area contributed by atoms with E-state index in [1.54, 1.807) is 11.9 Å². The molecule has 1 aliphatic rings. The van der Waals surface area contributed by atoms with Gasteiger partial charge in [-0.3, -0.25) is 10.1 Å². The second-order valence-electron chi connectivity index (χ2n) is 5.00. The Hall–Kier alpha value is -2.12. The number of nitrogens with one attached hydrogen (secondary N) is 1. The van der Waals surface area contributed by atoms with Crippen molar-refractivity contribution in [2.45, 2.75) is 25.7 Å². The minimum atomic E-state index is -0.757. The number of hydrogen-bond acceptors (Lipinski definition) is 4. The lowest BCUT2D eigenvalue weighted by Gasteiger charge is -2.31. The van der Waals surface area contributed by atoms with Crippen LogP contribution >= 0.6 is 0 Å². The molecule has 0 aliphatic carbocycles. The maximum Gasteiger partial charge on any atom is 0.324 e. The molecule has 2 N–H and O–H groups in total. The summed E-state index contributed by atoms with van der Waals surface area (Å²) < 4.78 is 1.50. The number of aryl methyl sites for hydroxylation is 1. The molecule has 2 amide bonds. The van der Waals surface area contributed by atoms with Crippen molar-refractivity contribution in [2.24, 2.45) is 13.0 Å². The van der Waals surface area contributed by atoms with Crippen molar-refractivity contribution in [3.05, 3.63) is 6.33 Å². The third kappa shape index (κ3) is 3.69. The first-order valence-corrected chi connectivity index (χ1v) is 6.68. The second-order valence-corrected chi connectivity index (χ2v) is 5.00. The van der Waals surface area contributed by atoms with Crippen LogP contribution in [0, 0.1) is 5.92 Å². The van der Waals surface area contributed by atoms with E-state index in [9.17, 15) is 9.59 Å². The quantitative estimate of drug-likeness (QED) is 0.854. The number of hydrogen-bond donors (Lipinski definition) is 2.